The van der Waals surface area contributed by atoms with Gasteiger partial charge < -0.3 is 14.7 Å². The summed E-state index contributed by atoms with van der Waals surface area (Å²) in [7, 11) is -1.61. The number of sulfonamides is 1. The Bertz CT molecular complexity index is 530. The maximum absolute atomic E-state index is 12.1. The zero-order valence-corrected chi connectivity index (χ0v) is 12.2. The van der Waals surface area contributed by atoms with Crippen molar-refractivity contribution in [2.24, 2.45) is 0 Å². The van der Waals surface area contributed by atoms with Gasteiger partial charge in [0.15, 0.2) is 0 Å². The highest BCUT2D eigenvalue weighted by Gasteiger charge is 2.22. The van der Waals surface area contributed by atoms with Crippen LogP contribution in [0.3, 0.4) is 0 Å². The minimum absolute atomic E-state index is 0.0865. The van der Waals surface area contributed by atoms with Crippen molar-refractivity contribution in [3.63, 3.8) is 0 Å². The van der Waals surface area contributed by atoms with Crippen LogP contribution >= 0.6 is 0 Å². The molecule has 0 spiro atoms. The molecule has 1 unspecified atom stereocenters. The predicted octanol–water partition coefficient (Wildman–Crippen LogP) is -1.52. The van der Waals surface area contributed by atoms with Gasteiger partial charge >= 0.3 is 0 Å². The summed E-state index contributed by atoms with van der Waals surface area (Å²) in [5.74, 6) is 0. The molecule has 2 rings (SSSR count). The van der Waals surface area contributed by atoms with Crippen LogP contribution < -0.4 is 4.72 Å². The first kappa shape index (κ1) is 15.4. The lowest BCUT2D eigenvalue weighted by molar-refractivity contribution is -0.0156. The Morgan fingerprint density at radius 3 is 3.10 bits per heavy atom. The molecule has 1 aliphatic rings. The molecule has 1 atom stereocenters. The Kier molecular flexibility index (Phi) is 5.11. The van der Waals surface area contributed by atoms with E-state index in [1.165, 1.54) is 17.1 Å². The van der Waals surface area contributed by atoms with Crippen LogP contribution in [0.5, 0.6) is 0 Å². The zero-order valence-electron chi connectivity index (χ0n) is 11.4. The zero-order chi connectivity index (χ0) is 14.6. The van der Waals surface area contributed by atoms with Crippen molar-refractivity contribution in [2.45, 2.75) is 17.5 Å². The lowest BCUT2D eigenvalue weighted by atomic mass is 10.3. The van der Waals surface area contributed by atoms with Gasteiger partial charge in [0.25, 0.3) is 0 Å². The van der Waals surface area contributed by atoms with E-state index in [0.717, 1.165) is 6.54 Å². The summed E-state index contributed by atoms with van der Waals surface area (Å²) in [5.41, 5.74) is 0. The molecular formula is C11H20N4O4S. The smallest absolute Gasteiger partial charge is 0.243 e. The first-order valence-corrected chi connectivity index (χ1v) is 7.93. The summed E-state index contributed by atoms with van der Waals surface area (Å²) in [6, 6.07) is 0. The van der Waals surface area contributed by atoms with Crippen LogP contribution in [0, 0.1) is 0 Å². The molecule has 20 heavy (non-hydrogen) atoms. The molecule has 1 saturated heterocycles. The van der Waals surface area contributed by atoms with E-state index >= 15 is 0 Å². The standard InChI is InChI=1S/C11H20N4O4S/c1-14-3-5-19-10(8-14)6-13-20(17,18)11-7-12-15(9-11)2-4-16/h7,9-10,13,16H,2-6,8H2,1H3. The van der Waals surface area contributed by atoms with E-state index < -0.39 is 10.0 Å². The molecule has 2 N–H and O–H groups in total. The predicted molar refractivity (Wildman–Crippen MR) is 71.7 cm³/mol. The molecule has 0 aliphatic carbocycles. The van der Waals surface area contributed by atoms with Crippen LogP contribution in [0.2, 0.25) is 0 Å². The van der Waals surface area contributed by atoms with Crippen LogP contribution in [0.15, 0.2) is 17.3 Å². The Morgan fingerprint density at radius 2 is 2.40 bits per heavy atom. The lowest BCUT2D eigenvalue weighted by Gasteiger charge is -2.29. The summed E-state index contributed by atoms with van der Waals surface area (Å²) < 4.78 is 33.6. The highest BCUT2D eigenvalue weighted by atomic mass is 32.2. The van der Waals surface area contributed by atoms with Gasteiger partial charge in [-0.05, 0) is 7.05 Å². The average Bonchev–Trinajstić information content (AvgIpc) is 2.87. The Balaban J connectivity index is 1.92. The molecule has 0 aromatic carbocycles. The van der Waals surface area contributed by atoms with Crippen LogP contribution in [0.4, 0.5) is 0 Å². The fourth-order valence-corrected chi connectivity index (χ4v) is 3.00. The number of hydrogen-bond acceptors (Lipinski definition) is 6. The van der Waals surface area contributed by atoms with Gasteiger partial charge in [-0.1, -0.05) is 0 Å². The number of ether oxygens (including phenoxy) is 1. The lowest BCUT2D eigenvalue weighted by Crippen LogP contribution is -2.45. The van der Waals surface area contributed by atoms with E-state index in [1.54, 1.807) is 0 Å². The van der Waals surface area contributed by atoms with Crippen LogP contribution in [0.25, 0.3) is 0 Å². The van der Waals surface area contributed by atoms with Gasteiger partial charge in [-0.15, -0.1) is 0 Å². The molecule has 0 amide bonds. The molecule has 114 valence electrons. The minimum atomic E-state index is -3.59. The number of aliphatic hydroxyl groups excluding tert-OH is 1. The largest absolute Gasteiger partial charge is 0.394 e. The van der Waals surface area contributed by atoms with Crippen molar-refractivity contribution in [2.75, 3.05) is 39.9 Å². The number of nitrogens with zero attached hydrogens (tertiary/aromatic N) is 3. The molecule has 9 heteroatoms. The molecule has 0 saturated carbocycles. The van der Waals surface area contributed by atoms with Gasteiger partial charge in [0.2, 0.25) is 10.0 Å². The molecule has 1 aromatic heterocycles. The highest BCUT2D eigenvalue weighted by Crippen LogP contribution is 2.08. The number of aliphatic hydroxyl groups is 1. The molecule has 2 heterocycles. The Morgan fingerprint density at radius 1 is 1.60 bits per heavy atom. The van der Waals surface area contributed by atoms with Crippen molar-refractivity contribution in [3.05, 3.63) is 12.4 Å². The van der Waals surface area contributed by atoms with E-state index in [0.29, 0.717) is 13.2 Å². The van der Waals surface area contributed by atoms with Gasteiger partial charge in [0, 0.05) is 25.8 Å². The number of nitrogens with one attached hydrogen (secondary N) is 1. The molecule has 1 aromatic rings. The van der Waals surface area contributed by atoms with E-state index in [-0.39, 0.29) is 30.7 Å². The molecule has 8 nitrogen and oxygen atoms in total. The first-order chi connectivity index (χ1) is 9.51. The average molecular weight is 304 g/mol. The van der Waals surface area contributed by atoms with Crippen molar-refractivity contribution >= 4 is 10.0 Å². The third-order valence-electron chi connectivity index (χ3n) is 3.09. The Hall–Kier alpha value is -1.00. The normalized spacial score (nSPS) is 21.2. The van der Waals surface area contributed by atoms with Crippen molar-refractivity contribution < 1.29 is 18.3 Å². The second-order valence-corrected chi connectivity index (χ2v) is 6.54. The van der Waals surface area contributed by atoms with Gasteiger partial charge in [0.05, 0.1) is 32.1 Å². The van der Waals surface area contributed by atoms with E-state index in [1.807, 2.05) is 7.05 Å². The number of rotatable bonds is 6. The fourth-order valence-electron chi connectivity index (χ4n) is 1.98. The number of hydrogen-bond donors (Lipinski definition) is 2. The molecule has 0 bridgehead atoms. The quantitative estimate of drug-likeness (QED) is 0.663. The maximum Gasteiger partial charge on any atom is 0.243 e. The number of morpholine rings is 1. The van der Waals surface area contributed by atoms with Crippen LogP contribution in [-0.2, 0) is 21.3 Å². The fraction of sp³-hybridized carbons (Fsp3) is 0.727. The molecule has 0 radical (unpaired) electrons. The maximum atomic E-state index is 12.1. The third-order valence-corrected chi connectivity index (χ3v) is 4.47. The minimum Gasteiger partial charge on any atom is -0.394 e. The Labute approximate surface area is 118 Å². The van der Waals surface area contributed by atoms with E-state index in [2.05, 4.69) is 14.7 Å². The monoisotopic (exact) mass is 304 g/mol. The van der Waals surface area contributed by atoms with Gasteiger partial charge in [-0.3, -0.25) is 4.68 Å². The summed E-state index contributed by atoms with van der Waals surface area (Å²) in [5, 5.41) is 12.7. The van der Waals surface area contributed by atoms with E-state index in [9.17, 15) is 8.42 Å². The van der Waals surface area contributed by atoms with Gasteiger partial charge in [0.1, 0.15) is 4.90 Å². The number of aromatic nitrogens is 2. The van der Waals surface area contributed by atoms with Gasteiger partial charge in [-0.25, -0.2) is 13.1 Å². The first-order valence-electron chi connectivity index (χ1n) is 6.44. The third kappa shape index (κ3) is 4.00. The summed E-state index contributed by atoms with van der Waals surface area (Å²) in [6.45, 7) is 2.58. The molecule has 1 aliphatic heterocycles. The van der Waals surface area contributed by atoms with Gasteiger partial charge in [-0.2, -0.15) is 5.10 Å². The SMILES string of the molecule is CN1CCOC(CNS(=O)(=O)c2cnn(CCO)c2)C1. The molecular weight excluding hydrogens is 284 g/mol. The number of likely N-dealkylation sites (N-methyl/N-ethyl adjacent to an activating group) is 1. The highest BCUT2D eigenvalue weighted by molar-refractivity contribution is 7.89. The van der Waals surface area contributed by atoms with Crippen molar-refractivity contribution in [1.82, 2.24) is 19.4 Å². The van der Waals surface area contributed by atoms with Crippen LogP contribution in [0.1, 0.15) is 0 Å². The van der Waals surface area contributed by atoms with E-state index in [4.69, 9.17) is 9.84 Å². The van der Waals surface area contributed by atoms with Crippen LogP contribution in [-0.4, -0.2) is 74.2 Å². The summed E-state index contributed by atoms with van der Waals surface area (Å²) in [4.78, 5) is 2.19. The second-order valence-electron chi connectivity index (χ2n) is 4.77. The summed E-state index contributed by atoms with van der Waals surface area (Å²) >= 11 is 0. The summed E-state index contributed by atoms with van der Waals surface area (Å²) in [6.07, 6.45) is 2.52. The van der Waals surface area contributed by atoms with Crippen molar-refractivity contribution in [3.8, 4) is 0 Å². The van der Waals surface area contributed by atoms with Crippen molar-refractivity contribution in [1.29, 1.82) is 0 Å². The second kappa shape index (κ2) is 6.64. The topological polar surface area (TPSA) is 96.7 Å². The molecule has 1 fully saturated rings.